The Bertz CT molecular complexity index is 936. The predicted molar refractivity (Wildman–Crippen MR) is 94.2 cm³/mol. The van der Waals surface area contributed by atoms with Gasteiger partial charge in [0.15, 0.2) is 5.82 Å². The first kappa shape index (κ1) is 14.8. The Kier molecular flexibility index (Phi) is 3.54. The van der Waals surface area contributed by atoms with Crippen LogP contribution in [0.5, 0.6) is 5.75 Å². The van der Waals surface area contributed by atoms with Crippen LogP contribution in [0.25, 0.3) is 21.8 Å². The maximum Gasteiger partial charge on any atom is 0.222 e. The van der Waals surface area contributed by atoms with Crippen molar-refractivity contribution < 1.29 is 9.90 Å². The number of carbonyl (C=O) groups is 1. The molecule has 1 aliphatic rings. The Balaban J connectivity index is 1.93. The van der Waals surface area contributed by atoms with Crippen LogP contribution in [0, 0.1) is 0 Å². The number of nitrogens with zero attached hydrogens (tertiary/aromatic N) is 2. The van der Waals surface area contributed by atoms with E-state index in [0.717, 1.165) is 40.2 Å². The van der Waals surface area contributed by atoms with Crippen molar-refractivity contribution in [2.24, 2.45) is 0 Å². The van der Waals surface area contributed by atoms with Crippen molar-refractivity contribution in [2.75, 3.05) is 5.32 Å². The molecule has 24 heavy (non-hydrogen) atoms. The molecule has 3 aromatic rings. The van der Waals surface area contributed by atoms with Gasteiger partial charge in [0.1, 0.15) is 11.4 Å². The number of aryl methyl sites for hydroxylation is 2. The highest BCUT2D eigenvalue weighted by Crippen LogP contribution is 2.37. The number of amides is 1. The summed E-state index contributed by atoms with van der Waals surface area (Å²) in [5, 5.41) is 14.5. The zero-order valence-corrected chi connectivity index (χ0v) is 13.9. The Hall–Kier alpha value is -2.73. The lowest BCUT2D eigenvalue weighted by Crippen LogP contribution is -2.14. The molecule has 0 unspecified atom stereocenters. The van der Waals surface area contributed by atoms with E-state index in [1.165, 1.54) is 6.92 Å². The molecule has 0 fully saturated rings. The fourth-order valence-corrected chi connectivity index (χ4v) is 3.68. The standard InChI is InChI=1S/C18H15N3O2S/c1-10(22)19-18-17(15-3-2-8-24-15)21-16-13-6-5-12(23)9-11(13)4-7-14(16)20-18/h2-3,5-6,8-9,23H,4,7H2,1H3,(H,19,20,22). The normalized spacial score (nSPS) is 12.4. The second-order valence-corrected chi connectivity index (χ2v) is 6.66. The van der Waals surface area contributed by atoms with Gasteiger partial charge in [0.25, 0.3) is 0 Å². The minimum atomic E-state index is -0.164. The van der Waals surface area contributed by atoms with E-state index in [4.69, 9.17) is 4.98 Å². The number of hydrogen-bond donors (Lipinski definition) is 2. The predicted octanol–water partition coefficient (Wildman–Crippen LogP) is 3.63. The number of phenols is 1. The van der Waals surface area contributed by atoms with E-state index in [1.54, 1.807) is 23.5 Å². The summed E-state index contributed by atoms with van der Waals surface area (Å²) >= 11 is 1.56. The van der Waals surface area contributed by atoms with Crippen LogP contribution >= 0.6 is 11.3 Å². The number of aromatic nitrogens is 2. The smallest absolute Gasteiger partial charge is 0.222 e. The molecule has 0 radical (unpaired) electrons. The van der Waals surface area contributed by atoms with Crippen molar-refractivity contribution in [1.82, 2.24) is 9.97 Å². The van der Waals surface area contributed by atoms with Crippen LogP contribution in [0.4, 0.5) is 5.82 Å². The van der Waals surface area contributed by atoms with Gasteiger partial charge in [-0.15, -0.1) is 11.3 Å². The monoisotopic (exact) mass is 337 g/mol. The van der Waals surface area contributed by atoms with E-state index >= 15 is 0 Å². The zero-order valence-electron chi connectivity index (χ0n) is 13.0. The second kappa shape index (κ2) is 5.72. The molecule has 4 rings (SSSR count). The minimum Gasteiger partial charge on any atom is -0.508 e. The van der Waals surface area contributed by atoms with Gasteiger partial charge in [0, 0.05) is 12.5 Å². The quantitative estimate of drug-likeness (QED) is 0.749. The van der Waals surface area contributed by atoms with Gasteiger partial charge in [-0.3, -0.25) is 4.79 Å². The molecule has 0 saturated carbocycles. The van der Waals surface area contributed by atoms with Crippen LogP contribution < -0.4 is 5.32 Å². The number of thiophene rings is 1. The van der Waals surface area contributed by atoms with Gasteiger partial charge in [0.05, 0.1) is 16.3 Å². The largest absolute Gasteiger partial charge is 0.508 e. The van der Waals surface area contributed by atoms with Gasteiger partial charge in [-0.2, -0.15) is 0 Å². The van der Waals surface area contributed by atoms with Crippen molar-refractivity contribution in [3.63, 3.8) is 0 Å². The molecule has 1 aliphatic carbocycles. The maximum atomic E-state index is 11.5. The number of carbonyl (C=O) groups excluding carboxylic acids is 1. The molecule has 120 valence electrons. The third-order valence-corrected chi connectivity index (χ3v) is 4.87. The average Bonchev–Trinajstić information content (AvgIpc) is 3.07. The van der Waals surface area contributed by atoms with Crippen LogP contribution in [0.1, 0.15) is 18.2 Å². The van der Waals surface area contributed by atoms with Gasteiger partial charge in [-0.1, -0.05) is 6.07 Å². The van der Waals surface area contributed by atoms with Crippen LogP contribution in [0.2, 0.25) is 0 Å². The Labute approximate surface area is 143 Å². The third kappa shape index (κ3) is 2.55. The lowest BCUT2D eigenvalue weighted by molar-refractivity contribution is -0.114. The van der Waals surface area contributed by atoms with Gasteiger partial charge in [0.2, 0.25) is 5.91 Å². The van der Waals surface area contributed by atoms with Crippen LogP contribution in [0.3, 0.4) is 0 Å². The van der Waals surface area contributed by atoms with Gasteiger partial charge < -0.3 is 10.4 Å². The number of rotatable bonds is 2. The molecule has 5 nitrogen and oxygen atoms in total. The molecule has 2 N–H and O–H groups in total. The van der Waals surface area contributed by atoms with Gasteiger partial charge in [-0.25, -0.2) is 9.97 Å². The molecule has 2 aromatic heterocycles. The topological polar surface area (TPSA) is 75.1 Å². The Morgan fingerprint density at radius 2 is 2.08 bits per heavy atom. The van der Waals surface area contributed by atoms with Crippen molar-refractivity contribution >= 4 is 23.1 Å². The van der Waals surface area contributed by atoms with Crippen molar-refractivity contribution in [1.29, 1.82) is 0 Å². The molecule has 0 bridgehead atoms. The molecule has 1 aromatic carbocycles. The van der Waals surface area contributed by atoms with Crippen molar-refractivity contribution in [2.45, 2.75) is 19.8 Å². The highest BCUT2D eigenvalue weighted by atomic mass is 32.1. The highest BCUT2D eigenvalue weighted by Gasteiger charge is 2.23. The summed E-state index contributed by atoms with van der Waals surface area (Å²) in [7, 11) is 0. The molecular formula is C18H15N3O2S. The van der Waals surface area contributed by atoms with E-state index in [0.29, 0.717) is 11.5 Å². The number of nitrogens with one attached hydrogen (secondary N) is 1. The van der Waals surface area contributed by atoms with E-state index in [9.17, 15) is 9.90 Å². The van der Waals surface area contributed by atoms with Gasteiger partial charge >= 0.3 is 0 Å². The lowest BCUT2D eigenvalue weighted by atomic mass is 9.91. The third-order valence-electron chi connectivity index (χ3n) is 3.99. The summed E-state index contributed by atoms with van der Waals surface area (Å²) < 4.78 is 0. The summed E-state index contributed by atoms with van der Waals surface area (Å²) in [5.41, 5.74) is 4.45. The summed E-state index contributed by atoms with van der Waals surface area (Å²) in [6.07, 6.45) is 1.53. The van der Waals surface area contributed by atoms with E-state index in [1.807, 2.05) is 23.6 Å². The summed E-state index contributed by atoms with van der Waals surface area (Å²) in [5.74, 6) is 0.604. The Morgan fingerprint density at radius 3 is 2.83 bits per heavy atom. The lowest BCUT2D eigenvalue weighted by Gasteiger charge is -2.20. The highest BCUT2D eigenvalue weighted by molar-refractivity contribution is 7.13. The Morgan fingerprint density at radius 1 is 1.21 bits per heavy atom. The fraction of sp³-hybridized carbons (Fsp3) is 0.167. The van der Waals surface area contributed by atoms with E-state index < -0.39 is 0 Å². The van der Waals surface area contributed by atoms with Crippen molar-refractivity contribution in [3.8, 4) is 27.6 Å². The molecule has 0 saturated heterocycles. The average molecular weight is 337 g/mol. The first-order valence-electron chi connectivity index (χ1n) is 7.66. The zero-order chi connectivity index (χ0) is 16.7. The number of phenolic OH excluding ortho intramolecular Hbond substituents is 1. The number of anilines is 1. The first-order valence-corrected chi connectivity index (χ1v) is 8.54. The molecule has 6 heteroatoms. The number of aromatic hydroxyl groups is 1. The SMILES string of the molecule is CC(=O)Nc1nc2c(nc1-c1cccs1)-c1ccc(O)cc1CC2. The maximum absolute atomic E-state index is 11.5. The molecule has 1 amide bonds. The molecule has 0 atom stereocenters. The van der Waals surface area contributed by atoms with Gasteiger partial charge in [-0.05, 0) is 48.1 Å². The minimum absolute atomic E-state index is 0.164. The molecule has 0 spiro atoms. The number of fused-ring (bicyclic) bond motifs is 3. The number of benzene rings is 1. The summed E-state index contributed by atoms with van der Waals surface area (Å²) in [6.45, 7) is 1.47. The summed E-state index contributed by atoms with van der Waals surface area (Å²) in [4.78, 5) is 22.0. The first-order chi connectivity index (χ1) is 11.6. The fourth-order valence-electron chi connectivity index (χ4n) is 2.97. The molecule has 2 heterocycles. The molecular weight excluding hydrogens is 322 g/mol. The van der Waals surface area contributed by atoms with E-state index in [2.05, 4.69) is 10.3 Å². The van der Waals surface area contributed by atoms with Crippen LogP contribution in [-0.4, -0.2) is 21.0 Å². The van der Waals surface area contributed by atoms with Crippen LogP contribution in [0.15, 0.2) is 35.7 Å². The van der Waals surface area contributed by atoms with E-state index in [-0.39, 0.29) is 11.7 Å². The number of hydrogen-bond acceptors (Lipinski definition) is 5. The molecule has 0 aliphatic heterocycles. The van der Waals surface area contributed by atoms with Crippen molar-refractivity contribution in [3.05, 3.63) is 47.0 Å². The summed E-state index contributed by atoms with van der Waals surface area (Å²) in [6, 6.07) is 9.25. The second-order valence-electron chi connectivity index (χ2n) is 5.72. The van der Waals surface area contributed by atoms with Crippen LogP contribution in [-0.2, 0) is 17.6 Å².